The summed E-state index contributed by atoms with van der Waals surface area (Å²) in [5.74, 6) is 1.52. The van der Waals surface area contributed by atoms with Crippen LogP contribution in [-0.4, -0.2) is 11.5 Å². The second-order valence-electron chi connectivity index (χ2n) is 4.54. The highest BCUT2D eigenvalue weighted by Crippen LogP contribution is 2.26. The molecule has 0 heterocycles. The largest absolute Gasteiger partial charge is 0.299 e. The quantitative estimate of drug-likeness (QED) is 0.660. The van der Waals surface area contributed by atoms with Gasteiger partial charge in [0.1, 0.15) is 5.78 Å². The molecule has 0 aliphatic heterocycles. The molecule has 0 spiro atoms. The summed E-state index contributed by atoms with van der Waals surface area (Å²) < 4.78 is 0. The Kier molecular flexibility index (Phi) is 6.68. The van der Waals surface area contributed by atoms with Gasteiger partial charge in [0.25, 0.3) is 0 Å². The molecule has 1 rings (SSSR count). The summed E-state index contributed by atoms with van der Waals surface area (Å²) in [6.07, 6.45) is 2.82. The molecule has 0 bridgehead atoms. The fraction of sp³-hybridized carbons (Fsp3) is 0.500. The summed E-state index contributed by atoms with van der Waals surface area (Å²) >= 11 is 7.55. The van der Waals surface area contributed by atoms with Crippen molar-refractivity contribution in [2.75, 3.05) is 5.75 Å². The van der Waals surface area contributed by atoms with Gasteiger partial charge in [0.2, 0.25) is 0 Å². The maximum Gasteiger partial charge on any atom is 0.143 e. The molecule has 1 nitrogen and oxygen atoms in total. The number of thioether (sulfide) groups is 1. The van der Waals surface area contributed by atoms with Crippen LogP contribution in [0.4, 0.5) is 0 Å². The van der Waals surface area contributed by atoms with Crippen LogP contribution in [-0.2, 0) is 4.79 Å². The average molecular weight is 271 g/mol. The molecular weight excluding hydrogens is 252 g/mol. The minimum atomic E-state index is 0.315. The number of ketones is 1. The van der Waals surface area contributed by atoms with Crippen molar-refractivity contribution in [2.45, 2.75) is 38.0 Å². The number of carbonyl (C=O) groups excluding carboxylic acids is 1. The monoisotopic (exact) mass is 270 g/mol. The lowest BCUT2D eigenvalue weighted by molar-refractivity contribution is -0.116. The molecule has 0 unspecified atom stereocenters. The summed E-state index contributed by atoms with van der Waals surface area (Å²) in [6, 6.07) is 7.65. The van der Waals surface area contributed by atoms with Gasteiger partial charge in [-0.25, -0.2) is 0 Å². The van der Waals surface area contributed by atoms with Gasteiger partial charge in [0, 0.05) is 11.3 Å². The third-order valence-electron chi connectivity index (χ3n) is 2.46. The Morgan fingerprint density at radius 3 is 2.71 bits per heavy atom. The molecule has 17 heavy (non-hydrogen) atoms. The molecular formula is C14H19ClOS. The zero-order chi connectivity index (χ0) is 12.7. The van der Waals surface area contributed by atoms with Gasteiger partial charge in [0.15, 0.2) is 0 Å². The number of hydrogen-bond acceptors (Lipinski definition) is 2. The number of benzene rings is 1. The Balaban J connectivity index is 2.26. The van der Waals surface area contributed by atoms with E-state index in [1.54, 1.807) is 0 Å². The van der Waals surface area contributed by atoms with Crippen molar-refractivity contribution >= 4 is 29.1 Å². The first-order valence-electron chi connectivity index (χ1n) is 5.98. The number of Topliss-reactive ketones (excluding diaryl/α,β-unsaturated/α-hetero) is 1. The summed E-state index contributed by atoms with van der Waals surface area (Å²) in [5, 5.41) is 0.729. The molecule has 0 aliphatic carbocycles. The minimum absolute atomic E-state index is 0.315. The molecule has 1 aromatic carbocycles. The molecule has 0 radical (unpaired) electrons. The van der Waals surface area contributed by atoms with Crippen LogP contribution in [0.1, 0.15) is 33.1 Å². The molecule has 0 saturated heterocycles. The first-order valence-corrected chi connectivity index (χ1v) is 7.35. The van der Waals surface area contributed by atoms with E-state index >= 15 is 0 Å². The van der Waals surface area contributed by atoms with Crippen LogP contribution >= 0.6 is 23.4 Å². The number of carbonyl (C=O) groups is 1. The van der Waals surface area contributed by atoms with Gasteiger partial charge in [0.05, 0.1) is 10.8 Å². The Labute approximate surface area is 113 Å². The molecule has 0 aliphatic rings. The molecule has 1 aromatic rings. The second-order valence-corrected chi connectivity index (χ2v) is 5.97. The Hall–Kier alpha value is -0.470. The van der Waals surface area contributed by atoms with Crippen LogP contribution < -0.4 is 0 Å². The average Bonchev–Trinajstić information content (AvgIpc) is 2.27. The van der Waals surface area contributed by atoms with E-state index in [9.17, 15) is 4.79 Å². The van der Waals surface area contributed by atoms with Gasteiger partial charge >= 0.3 is 0 Å². The lowest BCUT2D eigenvalue weighted by Crippen LogP contribution is -2.02. The van der Waals surface area contributed by atoms with E-state index in [1.807, 2.05) is 24.3 Å². The second kappa shape index (κ2) is 7.78. The normalized spacial score (nSPS) is 10.8. The molecule has 0 aromatic heterocycles. The summed E-state index contributed by atoms with van der Waals surface area (Å²) in [6.45, 7) is 4.37. The highest BCUT2D eigenvalue weighted by molar-refractivity contribution is 8.00. The van der Waals surface area contributed by atoms with E-state index in [0.717, 1.165) is 22.8 Å². The Morgan fingerprint density at radius 2 is 2.06 bits per heavy atom. The Morgan fingerprint density at radius 1 is 1.35 bits per heavy atom. The van der Waals surface area contributed by atoms with Gasteiger partial charge in [-0.05, 0) is 24.5 Å². The van der Waals surface area contributed by atoms with Crippen molar-refractivity contribution in [3.05, 3.63) is 29.3 Å². The van der Waals surface area contributed by atoms with Crippen LogP contribution in [0.3, 0.4) is 0 Å². The van der Waals surface area contributed by atoms with E-state index in [1.165, 1.54) is 11.8 Å². The molecule has 94 valence electrons. The van der Waals surface area contributed by atoms with Crippen molar-refractivity contribution in [2.24, 2.45) is 5.92 Å². The highest BCUT2D eigenvalue weighted by atomic mass is 35.5. The topological polar surface area (TPSA) is 17.1 Å². The highest BCUT2D eigenvalue weighted by Gasteiger charge is 2.06. The standard InChI is InChI=1S/C14H19ClOS/c1-11(2)6-5-7-12(16)10-17-14-9-4-3-8-13(14)15/h3-4,8-9,11H,5-7,10H2,1-2H3. The molecule has 3 heteroatoms. The van der Waals surface area contributed by atoms with Gasteiger partial charge < -0.3 is 0 Å². The van der Waals surface area contributed by atoms with Crippen molar-refractivity contribution in [1.82, 2.24) is 0 Å². The molecule has 0 N–H and O–H groups in total. The van der Waals surface area contributed by atoms with E-state index in [4.69, 9.17) is 11.6 Å². The van der Waals surface area contributed by atoms with Crippen LogP contribution in [0.15, 0.2) is 29.2 Å². The number of rotatable bonds is 7. The third-order valence-corrected chi connectivity index (χ3v) is 4.04. The molecule has 0 amide bonds. The predicted octanol–water partition coefficient (Wildman–Crippen LogP) is 4.83. The summed E-state index contributed by atoms with van der Waals surface area (Å²) in [4.78, 5) is 12.6. The van der Waals surface area contributed by atoms with Gasteiger partial charge in [-0.2, -0.15) is 0 Å². The van der Waals surface area contributed by atoms with Crippen molar-refractivity contribution in [3.63, 3.8) is 0 Å². The van der Waals surface area contributed by atoms with E-state index in [0.29, 0.717) is 23.9 Å². The third kappa shape index (κ3) is 6.13. The van der Waals surface area contributed by atoms with Gasteiger partial charge in [-0.15, -0.1) is 11.8 Å². The maximum absolute atomic E-state index is 11.6. The predicted molar refractivity (Wildman–Crippen MR) is 75.9 cm³/mol. The van der Waals surface area contributed by atoms with Gasteiger partial charge in [-0.1, -0.05) is 44.0 Å². The van der Waals surface area contributed by atoms with Crippen molar-refractivity contribution in [1.29, 1.82) is 0 Å². The van der Waals surface area contributed by atoms with Crippen LogP contribution in [0.2, 0.25) is 5.02 Å². The lowest BCUT2D eigenvalue weighted by atomic mass is 10.1. The fourth-order valence-corrected chi connectivity index (χ4v) is 2.64. The minimum Gasteiger partial charge on any atom is -0.299 e. The number of hydrogen-bond donors (Lipinski definition) is 0. The number of halogens is 1. The van der Waals surface area contributed by atoms with Crippen molar-refractivity contribution in [3.8, 4) is 0 Å². The fourth-order valence-electron chi connectivity index (χ4n) is 1.50. The maximum atomic E-state index is 11.6. The molecule has 0 fully saturated rings. The first kappa shape index (κ1) is 14.6. The van der Waals surface area contributed by atoms with Crippen LogP contribution in [0.25, 0.3) is 0 Å². The van der Waals surface area contributed by atoms with Crippen LogP contribution in [0.5, 0.6) is 0 Å². The molecule has 0 atom stereocenters. The van der Waals surface area contributed by atoms with Crippen LogP contribution in [0, 0.1) is 5.92 Å². The Bertz CT molecular complexity index is 363. The molecule has 0 saturated carbocycles. The smallest absolute Gasteiger partial charge is 0.143 e. The summed E-state index contributed by atoms with van der Waals surface area (Å²) in [7, 11) is 0. The van der Waals surface area contributed by atoms with E-state index < -0.39 is 0 Å². The van der Waals surface area contributed by atoms with E-state index in [2.05, 4.69) is 13.8 Å². The first-order chi connectivity index (χ1) is 8.09. The lowest BCUT2D eigenvalue weighted by Gasteiger charge is -2.05. The summed E-state index contributed by atoms with van der Waals surface area (Å²) in [5.41, 5.74) is 0. The zero-order valence-corrected chi connectivity index (χ0v) is 12.0. The van der Waals surface area contributed by atoms with Gasteiger partial charge in [-0.3, -0.25) is 4.79 Å². The van der Waals surface area contributed by atoms with E-state index in [-0.39, 0.29) is 0 Å². The van der Waals surface area contributed by atoms with Crippen molar-refractivity contribution < 1.29 is 4.79 Å². The SMILES string of the molecule is CC(C)CCCC(=O)CSc1ccccc1Cl. The zero-order valence-electron chi connectivity index (χ0n) is 10.4.